The second-order valence-electron chi connectivity index (χ2n) is 0.814. The van der Waals surface area contributed by atoms with Crippen LogP contribution in [0.25, 0.3) is 0 Å². The minimum absolute atomic E-state index is 0.111. The van der Waals surface area contributed by atoms with Gasteiger partial charge in [-0.1, -0.05) is 5.39 Å². The van der Waals surface area contributed by atoms with E-state index in [-0.39, 0.29) is 5.39 Å². The molecular formula is C2H8N3O3-. The van der Waals surface area contributed by atoms with Gasteiger partial charge >= 0.3 is 0 Å². The molecule has 0 fully saturated rings. The van der Waals surface area contributed by atoms with Crippen LogP contribution in [0.1, 0.15) is 0 Å². The molecule has 0 amide bonds. The fraction of sp³-hybridized carbons (Fsp3) is 1.00. The van der Waals surface area contributed by atoms with Gasteiger partial charge in [0.1, 0.15) is 0 Å². The zero-order chi connectivity index (χ0) is 6.41. The van der Waals surface area contributed by atoms with E-state index in [1.807, 2.05) is 0 Å². The van der Waals surface area contributed by atoms with E-state index < -0.39 is 0 Å². The fourth-order valence-corrected chi connectivity index (χ4v) is 0.168. The van der Waals surface area contributed by atoms with Gasteiger partial charge in [0, 0.05) is 14.1 Å². The molecule has 0 radical (unpaired) electrons. The second-order valence-corrected chi connectivity index (χ2v) is 0.814. The highest BCUT2D eigenvalue weighted by molar-refractivity contribution is 4.11. The van der Waals surface area contributed by atoms with Gasteiger partial charge in [-0.15, -0.1) is 0 Å². The summed E-state index contributed by atoms with van der Waals surface area (Å²) in [6.07, 6.45) is 0. The van der Waals surface area contributed by atoms with Gasteiger partial charge in [-0.05, 0) is 0 Å². The van der Waals surface area contributed by atoms with E-state index in [9.17, 15) is 5.21 Å². The van der Waals surface area contributed by atoms with Gasteiger partial charge in [-0.25, -0.2) is 0 Å². The summed E-state index contributed by atoms with van der Waals surface area (Å²) in [4.78, 5) is 8.05. The van der Waals surface area contributed by atoms with Crippen LogP contribution in [0.4, 0.5) is 0 Å². The zero-order valence-electron chi connectivity index (χ0n) is 4.67. The van der Waals surface area contributed by atoms with Crippen LogP contribution < -0.4 is 11.0 Å². The van der Waals surface area contributed by atoms with Gasteiger partial charge in [0.25, 0.3) is 0 Å². The predicted octanol–water partition coefficient (Wildman–Crippen LogP) is -1.08. The predicted molar refractivity (Wildman–Crippen MR) is 25.5 cm³/mol. The highest BCUT2D eigenvalue weighted by Gasteiger charge is 1.82. The summed E-state index contributed by atoms with van der Waals surface area (Å²) in [6, 6.07) is 0. The van der Waals surface area contributed by atoms with Crippen LogP contribution >= 0.6 is 0 Å². The standard InChI is InChI=1S/C2H8N3O3/c1-3-7-5(6)8-4-2/h3-4H,1-2H3/q-1. The third-order valence-corrected chi connectivity index (χ3v) is 0.332. The SMILES string of the molecule is CNON([O-])ONC. The molecule has 0 bridgehead atoms. The number of hydrogen-bond donors (Lipinski definition) is 2. The Morgan fingerprint density at radius 2 is 1.62 bits per heavy atom. The first-order valence-corrected chi connectivity index (χ1v) is 1.96. The maximum Gasteiger partial charge on any atom is 0.0115 e. The number of rotatable bonds is 4. The maximum absolute atomic E-state index is 9.99. The minimum atomic E-state index is -0.111. The molecule has 0 aromatic rings. The number of hydrogen-bond acceptors (Lipinski definition) is 6. The normalized spacial score (nSPS) is 10.5. The van der Waals surface area contributed by atoms with Crippen LogP contribution in [0.15, 0.2) is 0 Å². The molecule has 0 saturated heterocycles. The third kappa shape index (κ3) is 3.93. The lowest BCUT2D eigenvalue weighted by Crippen LogP contribution is -2.28. The Hall–Kier alpha value is -0.240. The van der Waals surface area contributed by atoms with Crippen molar-refractivity contribution in [2.75, 3.05) is 14.1 Å². The fourth-order valence-electron chi connectivity index (χ4n) is 0.168. The van der Waals surface area contributed by atoms with Crippen LogP contribution in [0, 0.1) is 5.21 Å². The molecule has 6 nitrogen and oxygen atoms in total. The van der Waals surface area contributed by atoms with E-state index in [1.54, 1.807) is 0 Å². The van der Waals surface area contributed by atoms with Gasteiger partial charge in [-0.2, -0.15) is 20.8 Å². The molecule has 0 atom stereocenters. The van der Waals surface area contributed by atoms with Gasteiger partial charge in [0.05, 0.1) is 0 Å². The first-order chi connectivity index (χ1) is 3.81. The van der Waals surface area contributed by atoms with E-state index in [0.29, 0.717) is 0 Å². The van der Waals surface area contributed by atoms with Crippen molar-refractivity contribution in [1.82, 2.24) is 16.4 Å². The van der Waals surface area contributed by atoms with Crippen molar-refractivity contribution in [3.8, 4) is 0 Å². The molecule has 8 heavy (non-hydrogen) atoms. The first-order valence-electron chi connectivity index (χ1n) is 1.96. The van der Waals surface area contributed by atoms with Crippen molar-refractivity contribution in [3.63, 3.8) is 0 Å². The number of hydroxylamine groups is 2. The van der Waals surface area contributed by atoms with Gasteiger partial charge in [-0.3, -0.25) is 0 Å². The zero-order valence-corrected chi connectivity index (χ0v) is 4.67. The summed E-state index contributed by atoms with van der Waals surface area (Å²) < 4.78 is 0. The summed E-state index contributed by atoms with van der Waals surface area (Å²) >= 11 is 0. The Kier molecular flexibility index (Phi) is 4.76. The van der Waals surface area contributed by atoms with Crippen LogP contribution in [-0.4, -0.2) is 19.5 Å². The summed E-state index contributed by atoms with van der Waals surface area (Å²) in [6.45, 7) is 0. The average molecular weight is 122 g/mol. The van der Waals surface area contributed by atoms with E-state index in [0.717, 1.165) is 0 Å². The Morgan fingerprint density at radius 1 is 1.25 bits per heavy atom. The molecule has 0 rings (SSSR count). The lowest BCUT2D eigenvalue weighted by Gasteiger charge is -2.21. The van der Waals surface area contributed by atoms with Crippen molar-refractivity contribution >= 4 is 0 Å². The number of nitrogens with one attached hydrogen (secondary N) is 2. The van der Waals surface area contributed by atoms with E-state index in [4.69, 9.17) is 0 Å². The Labute approximate surface area is 46.8 Å². The van der Waals surface area contributed by atoms with E-state index in [1.165, 1.54) is 14.1 Å². The highest BCUT2D eigenvalue weighted by Crippen LogP contribution is 1.77. The van der Waals surface area contributed by atoms with Gasteiger partial charge in [0.2, 0.25) is 0 Å². The van der Waals surface area contributed by atoms with E-state index >= 15 is 0 Å². The molecule has 6 heteroatoms. The smallest absolute Gasteiger partial charge is 0.0115 e. The molecule has 0 spiro atoms. The molecule has 0 unspecified atom stereocenters. The molecule has 2 N–H and O–H groups in total. The summed E-state index contributed by atoms with van der Waals surface area (Å²) in [5, 5.41) is 9.88. The minimum Gasteiger partial charge on any atom is -0.735 e. The second kappa shape index (κ2) is 4.91. The van der Waals surface area contributed by atoms with Crippen molar-refractivity contribution < 1.29 is 9.88 Å². The molecule has 0 aromatic heterocycles. The quantitative estimate of drug-likeness (QED) is 0.462. The largest absolute Gasteiger partial charge is 0.735 e. The number of nitrogens with zero attached hydrogens (tertiary/aromatic N) is 1. The van der Waals surface area contributed by atoms with Gasteiger partial charge < -0.3 is 5.21 Å². The first kappa shape index (κ1) is 7.76. The Bertz CT molecular complexity index is 45.8. The maximum atomic E-state index is 9.99. The summed E-state index contributed by atoms with van der Waals surface area (Å²) in [7, 11) is 2.87. The van der Waals surface area contributed by atoms with Crippen molar-refractivity contribution in [1.29, 1.82) is 0 Å². The van der Waals surface area contributed by atoms with Crippen LogP contribution in [0.5, 0.6) is 0 Å². The van der Waals surface area contributed by atoms with Crippen LogP contribution in [0.2, 0.25) is 0 Å². The van der Waals surface area contributed by atoms with Crippen molar-refractivity contribution in [3.05, 3.63) is 5.21 Å². The van der Waals surface area contributed by atoms with E-state index in [2.05, 4.69) is 20.8 Å². The summed E-state index contributed by atoms with van der Waals surface area (Å²) in [5.74, 6) is 0. The van der Waals surface area contributed by atoms with Crippen LogP contribution in [0.3, 0.4) is 0 Å². The third-order valence-electron chi connectivity index (χ3n) is 0.332. The average Bonchev–Trinajstić information content (AvgIpc) is 1.68. The molecule has 0 heterocycles. The van der Waals surface area contributed by atoms with Crippen LogP contribution in [-0.2, 0) is 9.88 Å². The lowest BCUT2D eigenvalue weighted by molar-refractivity contribution is -0.383. The topological polar surface area (TPSA) is 68.8 Å². The molecule has 0 aromatic carbocycles. The van der Waals surface area contributed by atoms with Crippen molar-refractivity contribution in [2.24, 2.45) is 0 Å². The molecule has 0 aliphatic carbocycles. The molecule has 0 aliphatic heterocycles. The monoisotopic (exact) mass is 122 g/mol. The molecule has 0 saturated carbocycles. The highest BCUT2D eigenvalue weighted by atomic mass is 17.2. The lowest BCUT2D eigenvalue weighted by atomic mass is 11.6. The molecule has 0 aliphatic rings. The molecule has 50 valence electrons. The Balaban J connectivity index is 2.92. The Morgan fingerprint density at radius 3 is 1.88 bits per heavy atom. The summed E-state index contributed by atoms with van der Waals surface area (Å²) in [5.41, 5.74) is 4.20. The van der Waals surface area contributed by atoms with Crippen molar-refractivity contribution in [2.45, 2.75) is 0 Å². The molecular weight excluding hydrogens is 114 g/mol. The van der Waals surface area contributed by atoms with Gasteiger partial charge in [0.15, 0.2) is 0 Å².